The van der Waals surface area contributed by atoms with E-state index in [4.69, 9.17) is 9.15 Å². The summed E-state index contributed by atoms with van der Waals surface area (Å²) in [6.07, 6.45) is 0. The van der Waals surface area contributed by atoms with Crippen molar-refractivity contribution in [2.45, 2.75) is 38.8 Å². The van der Waals surface area contributed by atoms with Crippen molar-refractivity contribution >= 4 is 0 Å². The van der Waals surface area contributed by atoms with Crippen molar-refractivity contribution in [2.75, 3.05) is 26.4 Å². The number of aliphatic hydroxyl groups is 1. The summed E-state index contributed by atoms with van der Waals surface area (Å²) >= 11 is 0. The molecule has 2 rings (SSSR count). The van der Waals surface area contributed by atoms with E-state index in [1.165, 1.54) is 0 Å². The number of nitrogens with zero attached hydrogens (tertiary/aromatic N) is 3. The van der Waals surface area contributed by atoms with E-state index in [9.17, 15) is 5.11 Å². The number of aliphatic hydroxyl groups excluding tert-OH is 1. The number of ether oxygens (including phenoxy) is 1. The fourth-order valence-corrected chi connectivity index (χ4v) is 1.86. The minimum Gasteiger partial charge on any atom is -0.423 e. The highest BCUT2D eigenvalue weighted by atomic mass is 16.5. The molecule has 1 fully saturated rings. The lowest BCUT2D eigenvalue weighted by atomic mass is 9.97. The van der Waals surface area contributed by atoms with Crippen LogP contribution in [0.3, 0.4) is 0 Å². The van der Waals surface area contributed by atoms with Crippen molar-refractivity contribution in [2.24, 2.45) is 0 Å². The predicted octanol–water partition coefficient (Wildman–Crippen LogP) is 0.560. The summed E-state index contributed by atoms with van der Waals surface area (Å²) in [7, 11) is 0. The summed E-state index contributed by atoms with van der Waals surface area (Å²) in [5.74, 6) is 1.24. The highest BCUT2D eigenvalue weighted by Gasteiger charge is 2.26. The Morgan fingerprint density at radius 2 is 2.17 bits per heavy atom. The van der Waals surface area contributed by atoms with Gasteiger partial charge in [0.25, 0.3) is 0 Å². The molecular formula is C12H21N3O3. The van der Waals surface area contributed by atoms with E-state index >= 15 is 0 Å². The molecule has 0 radical (unpaired) electrons. The Hall–Kier alpha value is -0.980. The molecule has 1 aromatic heterocycles. The smallest absolute Gasteiger partial charge is 0.230 e. The van der Waals surface area contributed by atoms with Crippen LogP contribution in [0.15, 0.2) is 4.42 Å². The van der Waals surface area contributed by atoms with E-state index in [0.717, 1.165) is 6.54 Å². The van der Waals surface area contributed by atoms with E-state index in [1.54, 1.807) is 0 Å². The molecule has 1 atom stereocenters. The van der Waals surface area contributed by atoms with Crippen molar-refractivity contribution in [3.8, 4) is 0 Å². The lowest BCUT2D eigenvalue weighted by molar-refractivity contribution is -0.0344. The van der Waals surface area contributed by atoms with Crippen LogP contribution in [0.5, 0.6) is 0 Å². The van der Waals surface area contributed by atoms with Gasteiger partial charge in [-0.3, -0.25) is 4.90 Å². The molecular weight excluding hydrogens is 234 g/mol. The first-order valence-corrected chi connectivity index (χ1v) is 6.26. The number of aromatic nitrogens is 2. The molecule has 0 saturated carbocycles. The number of rotatable bonds is 3. The van der Waals surface area contributed by atoms with Gasteiger partial charge in [-0.1, -0.05) is 20.8 Å². The quantitative estimate of drug-likeness (QED) is 0.851. The summed E-state index contributed by atoms with van der Waals surface area (Å²) in [6.45, 7) is 8.77. The van der Waals surface area contributed by atoms with Crippen LogP contribution in [-0.4, -0.2) is 52.6 Å². The molecule has 0 bridgehead atoms. The molecule has 0 amide bonds. The molecule has 6 heteroatoms. The lowest BCUT2D eigenvalue weighted by Gasteiger charge is -2.33. The zero-order valence-electron chi connectivity index (χ0n) is 11.2. The minimum atomic E-state index is -0.132. The van der Waals surface area contributed by atoms with Gasteiger partial charge in [-0.2, -0.15) is 0 Å². The van der Waals surface area contributed by atoms with Crippen LogP contribution in [0.25, 0.3) is 0 Å². The Balaban J connectivity index is 2.02. The van der Waals surface area contributed by atoms with Gasteiger partial charge >= 0.3 is 0 Å². The molecule has 1 aliphatic heterocycles. The van der Waals surface area contributed by atoms with Crippen molar-refractivity contribution in [1.29, 1.82) is 0 Å². The lowest BCUT2D eigenvalue weighted by Crippen LogP contribution is -2.46. The summed E-state index contributed by atoms with van der Waals surface area (Å²) in [5, 5.41) is 17.4. The molecule has 1 aliphatic rings. The van der Waals surface area contributed by atoms with E-state index in [0.29, 0.717) is 31.5 Å². The molecule has 1 N–H and O–H groups in total. The second kappa shape index (κ2) is 5.34. The average Bonchev–Trinajstić information content (AvgIpc) is 2.78. The first kappa shape index (κ1) is 13.5. The summed E-state index contributed by atoms with van der Waals surface area (Å²) < 4.78 is 11.0. The first-order valence-electron chi connectivity index (χ1n) is 6.26. The third-order valence-corrected chi connectivity index (χ3v) is 3.01. The van der Waals surface area contributed by atoms with Gasteiger partial charge in [0.15, 0.2) is 0 Å². The highest BCUT2D eigenvalue weighted by Crippen LogP contribution is 2.21. The summed E-state index contributed by atoms with van der Waals surface area (Å²) in [5.41, 5.74) is -0.132. The molecule has 1 aromatic rings. The largest absolute Gasteiger partial charge is 0.423 e. The number of hydrogen-bond acceptors (Lipinski definition) is 6. The maximum atomic E-state index is 9.29. The maximum absolute atomic E-state index is 9.29. The van der Waals surface area contributed by atoms with Gasteiger partial charge in [-0.25, -0.2) is 0 Å². The fourth-order valence-electron chi connectivity index (χ4n) is 1.86. The first-order chi connectivity index (χ1) is 8.50. The monoisotopic (exact) mass is 255 g/mol. The van der Waals surface area contributed by atoms with Crippen LogP contribution >= 0.6 is 0 Å². The highest BCUT2D eigenvalue weighted by molar-refractivity contribution is 4.96. The SMILES string of the molecule is CC(C)(C)c1nnc(CN2CCOCC2CO)o1. The van der Waals surface area contributed by atoms with Crippen molar-refractivity contribution in [3.63, 3.8) is 0 Å². The average molecular weight is 255 g/mol. The van der Waals surface area contributed by atoms with Crippen LogP contribution in [0.4, 0.5) is 0 Å². The van der Waals surface area contributed by atoms with E-state index < -0.39 is 0 Å². The van der Waals surface area contributed by atoms with Gasteiger partial charge in [0, 0.05) is 12.0 Å². The Labute approximate surface area is 107 Å². The normalized spacial score (nSPS) is 22.3. The predicted molar refractivity (Wildman–Crippen MR) is 65.1 cm³/mol. The molecule has 0 aliphatic carbocycles. The van der Waals surface area contributed by atoms with Gasteiger partial charge in [0.05, 0.1) is 32.4 Å². The van der Waals surface area contributed by atoms with Crippen LogP contribution in [0.1, 0.15) is 32.6 Å². The third kappa shape index (κ3) is 3.07. The van der Waals surface area contributed by atoms with E-state index in [-0.39, 0.29) is 18.1 Å². The standard InChI is InChI=1S/C12H21N3O3/c1-12(2,3)11-14-13-10(18-11)6-15-4-5-17-8-9(15)7-16/h9,16H,4-8H2,1-3H3. The number of hydrogen-bond donors (Lipinski definition) is 1. The van der Waals surface area contributed by atoms with Gasteiger partial charge in [0.1, 0.15) is 0 Å². The van der Waals surface area contributed by atoms with Crippen LogP contribution in [0.2, 0.25) is 0 Å². The Morgan fingerprint density at radius 3 is 2.78 bits per heavy atom. The number of morpholine rings is 1. The summed E-state index contributed by atoms with van der Waals surface area (Å²) in [4.78, 5) is 2.11. The third-order valence-electron chi connectivity index (χ3n) is 3.01. The zero-order chi connectivity index (χ0) is 13.2. The molecule has 0 spiro atoms. The maximum Gasteiger partial charge on any atom is 0.230 e. The second-order valence-corrected chi connectivity index (χ2v) is 5.63. The van der Waals surface area contributed by atoms with Crippen LogP contribution < -0.4 is 0 Å². The molecule has 0 aromatic carbocycles. The molecule has 2 heterocycles. The Morgan fingerprint density at radius 1 is 1.39 bits per heavy atom. The van der Waals surface area contributed by atoms with Crippen LogP contribution in [0, 0.1) is 0 Å². The van der Waals surface area contributed by atoms with E-state index in [1.807, 2.05) is 20.8 Å². The molecule has 18 heavy (non-hydrogen) atoms. The molecule has 102 valence electrons. The Kier molecular flexibility index (Phi) is 3.99. The van der Waals surface area contributed by atoms with Crippen molar-refractivity contribution < 1.29 is 14.3 Å². The van der Waals surface area contributed by atoms with Crippen molar-refractivity contribution in [1.82, 2.24) is 15.1 Å². The van der Waals surface area contributed by atoms with Gasteiger partial charge in [-0.15, -0.1) is 10.2 Å². The van der Waals surface area contributed by atoms with Gasteiger partial charge in [-0.05, 0) is 0 Å². The minimum absolute atomic E-state index is 0.0173. The zero-order valence-corrected chi connectivity index (χ0v) is 11.2. The van der Waals surface area contributed by atoms with E-state index in [2.05, 4.69) is 15.1 Å². The molecule has 1 saturated heterocycles. The fraction of sp³-hybridized carbons (Fsp3) is 0.833. The topological polar surface area (TPSA) is 71.6 Å². The van der Waals surface area contributed by atoms with Gasteiger partial charge in [0.2, 0.25) is 11.8 Å². The van der Waals surface area contributed by atoms with Crippen molar-refractivity contribution in [3.05, 3.63) is 11.8 Å². The van der Waals surface area contributed by atoms with Crippen LogP contribution in [-0.2, 0) is 16.7 Å². The molecule has 6 nitrogen and oxygen atoms in total. The molecule has 1 unspecified atom stereocenters. The second-order valence-electron chi connectivity index (χ2n) is 5.63. The Bertz CT molecular complexity index is 386. The van der Waals surface area contributed by atoms with Gasteiger partial charge < -0.3 is 14.3 Å². The summed E-state index contributed by atoms with van der Waals surface area (Å²) in [6, 6.07) is 0.0173.